The lowest BCUT2D eigenvalue weighted by Gasteiger charge is -2.20. The molecule has 0 N–H and O–H groups in total. The molecule has 3 aromatic rings. The van der Waals surface area contributed by atoms with E-state index in [0.717, 1.165) is 29.7 Å². The third-order valence-electron chi connectivity index (χ3n) is 3.41. The van der Waals surface area contributed by atoms with Crippen LogP contribution in [0.15, 0.2) is 52.5 Å². The quantitative estimate of drug-likeness (QED) is 0.667. The van der Waals surface area contributed by atoms with Gasteiger partial charge < -0.3 is 14.1 Å². The Balaban J connectivity index is 1.85. The summed E-state index contributed by atoms with van der Waals surface area (Å²) < 4.78 is 11.8. The molecule has 2 aromatic heterocycles. The molecule has 0 aliphatic heterocycles. The number of fused-ring (bicyclic) bond motifs is 1. The van der Waals surface area contributed by atoms with Crippen LogP contribution in [0.3, 0.4) is 0 Å². The van der Waals surface area contributed by atoms with E-state index in [9.17, 15) is 0 Å². The molecule has 0 bridgehead atoms. The van der Waals surface area contributed by atoms with Gasteiger partial charge in [-0.2, -0.15) is 0 Å². The topological polar surface area (TPSA) is 25.6 Å². The first kappa shape index (κ1) is 14.2. The predicted octanol–water partition coefficient (Wildman–Crippen LogP) is 4.57. The Morgan fingerprint density at radius 1 is 1.19 bits per heavy atom. The van der Waals surface area contributed by atoms with Gasteiger partial charge >= 0.3 is 0 Å². The molecule has 3 rings (SSSR count). The predicted molar refractivity (Wildman–Crippen MR) is 87.1 cm³/mol. The third-order valence-corrected chi connectivity index (χ3v) is 4.38. The minimum Gasteiger partial charge on any atom is -0.481 e. The van der Waals surface area contributed by atoms with Crippen molar-refractivity contribution < 1.29 is 9.15 Å². The van der Waals surface area contributed by atoms with Gasteiger partial charge in [0, 0.05) is 23.2 Å². The molecule has 0 spiro atoms. The summed E-state index contributed by atoms with van der Waals surface area (Å²) in [7, 11) is 4.16. The third kappa shape index (κ3) is 3.28. The van der Waals surface area contributed by atoms with Crippen molar-refractivity contribution in [3.63, 3.8) is 0 Å². The van der Waals surface area contributed by atoms with Gasteiger partial charge in [-0.05, 0) is 37.7 Å². The minimum atomic E-state index is 0.0584. The van der Waals surface area contributed by atoms with Crippen LogP contribution in [0.25, 0.3) is 11.0 Å². The molecule has 0 fully saturated rings. The fourth-order valence-electron chi connectivity index (χ4n) is 2.32. The second-order valence-electron chi connectivity index (χ2n) is 5.31. The van der Waals surface area contributed by atoms with E-state index in [1.165, 1.54) is 4.88 Å². The first-order valence-electron chi connectivity index (χ1n) is 7.05. The van der Waals surface area contributed by atoms with Crippen LogP contribution >= 0.6 is 11.3 Å². The van der Waals surface area contributed by atoms with Crippen LogP contribution in [-0.2, 0) is 0 Å². The van der Waals surface area contributed by atoms with E-state index in [1.54, 1.807) is 17.6 Å². The molecule has 1 aromatic carbocycles. The number of hydrogen-bond acceptors (Lipinski definition) is 4. The van der Waals surface area contributed by atoms with Crippen LogP contribution in [0.4, 0.5) is 0 Å². The van der Waals surface area contributed by atoms with Gasteiger partial charge in [0.15, 0.2) is 11.3 Å². The summed E-state index contributed by atoms with van der Waals surface area (Å²) in [6, 6.07) is 12.2. The SMILES string of the molecule is CN(C)CCC(Oc1cccc2ccoc12)c1cccs1. The Morgan fingerprint density at radius 2 is 2.10 bits per heavy atom. The lowest BCUT2D eigenvalue weighted by atomic mass is 10.2. The molecule has 0 aliphatic rings. The van der Waals surface area contributed by atoms with Gasteiger partial charge in [-0.25, -0.2) is 0 Å². The number of rotatable bonds is 6. The van der Waals surface area contributed by atoms with E-state index in [-0.39, 0.29) is 6.10 Å². The number of hydrogen-bond donors (Lipinski definition) is 0. The molecule has 1 atom stereocenters. The largest absolute Gasteiger partial charge is 0.481 e. The van der Waals surface area contributed by atoms with Crippen molar-refractivity contribution in [3.8, 4) is 5.75 Å². The number of para-hydroxylation sites is 1. The van der Waals surface area contributed by atoms with E-state index in [2.05, 4.69) is 36.5 Å². The second-order valence-corrected chi connectivity index (χ2v) is 6.29. The van der Waals surface area contributed by atoms with Gasteiger partial charge in [0.05, 0.1) is 6.26 Å². The van der Waals surface area contributed by atoms with E-state index in [0.29, 0.717) is 0 Å². The molecule has 0 aliphatic carbocycles. The monoisotopic (exact) mass is 301 g/mol. The smallest absolute Gasteiger partial charge is 0.175 e. The molecule has 110 valence electrons. The number of thiophene rings is 1. The maximum Gasteiger partial charge on any atom is 0.175 e. The summed E-state index contributed by atoms with van der Waals surface area (Å²) in [5.41, 5.74) is 0.823. The van der Waals surface area contributed by atoms with Crippen molar-refractivity contribution >= 4 is 22.3 Å². The molecule has 2 heterocycles. The van der Waals surface area contributed by atoms with Gasteiger partial charge in [-0.3, -0.25) is 0 Å². The van der Waals surface area contributed by atoms with Gasteiger partial charge in [0.25, 0.3) is 0 Å². The summed E-state index contributed by atoms with van der Waals surface area (Å²) in [5.74, 6) is 0.814. The first-order chi connectivity index (χ1) is 10.2. The van der Waals surface area contributed by atoms with E-state index >= 15 is 0 Å². The van der Waals surface area contributed by atoms with Gasteiger partial charge in [0.2, 0.25) is 0 Å². The summed E-state index contributed by atoms with van der Waals surface area (Å²) in [6.07, 6.45) is 2.71. The Hall–Kier alpha value is -1.78. The van der Waals surface area contributed by atoms with Crippen molar-refractivity contribution in [3.05, 3.63) is 52.9 Å². The second kappa shape index (κ2) is 6.33. The highest BCUT2D eigenvalue weighted by atomic mass is 32.1. The molecular weight excluding hydrogens is 282 g/mol. The molecule has 0 saturated carbocycles. The molecule has 0 saturated heterocycles. The van der Waals surface area contributed by atoms with Crippen molar-refractivity contribution in [2.75, 3.05) is 20.6 Å². The van der Waals surface area contributed by atoms with Crippen molar-refractivity contribution in [1.82, 2.24) is 4.90 Å². The Morgan fingerprint density at radius 3 is 2.86 bits per heavy atom. The Bertz CT molecular complexity index is 688. The maximum absolute atomic E-state index is 6.27. The van der Waals surface area contributed by atoms with Crippen molar-refractivity contribution in [2.45, 2.75) is 12.5 Å². The van der Waals surface area contributed by atoms with Crippen molar-refractivity contribution in [2.24, 2.45) is 0 Å². The van der Waals surface area contributed by atoms with Gasteiger partial charge in [0.1, 0.15) is 6.10 Å². The molecule has 1 unspecified atom stereocenters. The number of ether oxygens (including phenoxy) is 1. The zero-order valence-electron chi connectivity index (χ0n) is 12.3. The first-order valence-corrected chi connectivity index (χ1v) is 7.93. The van der Waals surface area contributed by atoms with E-state index < -0.39 is 0 Å². The molecule has 3 nitrogen and oxygen atoms in total. The van der Waals surface area contributed by atoms with E-state index in [1.807, 2.05) is 24.3 Å². The Kier molecular flexibility index (Phi) is 4.27. The van der Waals surface area contributed by atoms with Crippen molar-refractivity contribution in [1.29, 1.82) is 0 Å². The van der Waals surface area contributed by atoms with Crippen LogP contribution in [-0.4, -0.2) is 25.5 Å². The average Bonchev–Trinajstić information content (AvgIpc) is 3.13. The number of benzene rings is 1. The highest BCUT2D eigenvalue weighted by Gasteiger charge is 2.17. The van der Waals surface area contributed by atoms with Crippen LogP contribution in [0.1, 0.15) is 17.4 Å². The minimum absolute atomic E-state index is 0.0584. The highest BCUT2D eigenvalue weighted by Crippen LogP contribution is 2.33. The summed E-state index contributed by atoms with van der Waals surface area (Å²) >= 11 is 1.74. The normalized spacial score (nSPS) is 12.9. The fourth-order valence-corrected chi connectivity index (χ4v) is 3.11. The molecular formula is C17H19NO2S. The maximum atomic E-state index is 6.27. The zero-order valence-corrected chi connectivity index (χ0v) is 13.1. The average molecular weight is 301 g/mol. The lowest BCUT2D eigenvalue weighted by Crippen LogP contribution is -2.18. The number of nitrogens with zero attached hydrogens (tertiary/aromatic N) is 1. The molecule has 21 heavy (non-hydrogen) atoms. The molecule has 0 radical (unpaired) electrons. The van der Waals surface area contributed by atoms with Crippen LogP contribution in [0.2, 0.25) is 0 Å². The standard InChI is InChI=1S/C17H19NO2S/c1-18(2)10-8-14(16-7-4-12-21-16)20-15-6-3-5-13-9-11-19-17(13)15/h3-7,9,11-12,14H,8,10H2,1-2H3. The number of furan rings is 1. The molecule has 0 amide bonds. The summed E-state index contributed by atoms with van der Waals surface area (Å²) in [5, 5.41) is 3.17. The van der Waals surface area contributed by atoms with Crippen LogP contribution < -0.4 is 4.74 Å². The van der Waals surface area contributed by atoms with Crippen LogP contribution in [0, 0.1) is 0 Å². The van der Waals surface area contributed by atoms with Crippen LogP contribution in [0.5, 0.6) is 5.75 Å². The van der Waals surface area contributed by atoms with Gasteiger partial charge in [-0.15, -0.1) is 11.3 Å². The fraction of sp³-hybridized carbons (Fsp3) is 0.294. The highest BCUT2D eigenvalue weighted by molar-refractivity contribution is 7.10. The molecule has 4 heteroatoms. The summed E-state index contributed by atoms with van der Waals surface area (Å²) in [6.45, 7) is 0.983. The van der Waals surface area contributed by atoms with E-state index in [4.69, 9.17) is 9.15 Å². The zero-order chi connectivity index (χ0) is 14.7. The summed E-state index contributed by atoms with van der Waals surface area (Å²) in [4.78, 5) is 3.43. The van der Waals surface area contributed by atoms with Gasteiger partial charge in [-0.1, -0.05) is 18.2 Å². The lowest BCUT2D eigenvalue weighted by molar-refractivity contribution is 0.183. The Labute approximate surface area is 128 Å².